The van der Waals surface area contributed by atoms with Gasteiger partial charge in [0.25, 0.3) is 0 Å². The Morgan fingerprint density at radius 1 is 1.29 bits per heavy atom. The van der Waals surface area contributed by atoms with Crippen LogP contribution in [0, 0.1) is 0 Å². The van der Waals surface area contributed by atoms with Crippen LogP contribution < -0.4 is 5.32 Å². The molecule has 0 radical (unpaired) electrons. The summed E-state index contributed by atoms with van der Waals surface area (Å²) < 4.78 is 1.74. The van der Waals surface area contributed by atoms with Gasteiger partial charge >= 0.3 is 0 Å². The average Bonchev–Trinajstić information content (AvgIpc) is 3.12. The maximum absolute atomic E-state index is 12.5. The van der Waals surface area contributed by atoms with Gasteiger partial charge in [0.1, 0.15) is 6.04 Å². The van der Waals surface area contributed by atoms with Crippen molar-refractivity contribution in [3.05, 3.63) is 48.5 Å². The maximum atomic E-state index is 12.5. The van der Waals surface area contributed by atoms with Crippen molar-refractivity contribution < 1.29 is 4.79 Å². The van der Waals surface area contributed by atoms with Crippen molar-refractivity contribution in [2.75, 3.05) is 13.1 Å². The van der Waals surface area contributed by atoms with Crippen molar-refractivity contribution in [3.8, 4) is 0 Å². The van der Waals surface area contributed by atoms with Crippen LogP contribution in [0.5, 0.6) is 0 Å². The van der Waals surface area contributed by atoms with Crippen LogP contribution in [0.1, 0.15) is 37.8 Å². The summed E-state index contributed by atoms with van der Waals surface area (Å²) >= 11 is 0. The van der Waals surface area contributed by atoms with Crippen LogP contribution in [0.4, 0.5) is 0 Å². The summed E-state index contributed by atoms with van der Waals surface area (Å²) in [5.74, 6) is 0.0776. The van der Waals surface area contributed by atoms with Gasteiger partial charge < -0.3 is 5.32 Å². The highest BCUT2D eigenvalue weighted by Gasteiger charge is 2.25. The van der Waals surface area contributed by atoms with E-state index >= 15 is 0 Å². The minimum Gasteiger partial charge on any atom is -0.351 e. The number of hydrogen-bond donors (Lipinski definition) is 1. The minimum atomic E-state index is -0.213. The Morgan fingerprint density at radius 3 is 2.67 bits per heavy atom. The monoisotopic (exact) mass is 327 g/mol. The van der Waals surface area contributed by atoms with E-state index < -0.39 is 0 Å². The van der Waals surface area contributed by atoms with E-state index in [0.717, 1.165) is 38.9 Å². The Morgan fingerprint density at radius 2 is 2.04 bits per heavy atom. The number of likely N-dealkylation sites (tertiary alicyclic amines) is 1. The van der Waals surface area contributed by atoms with Gasteiger partial charge in [-0.25, -0.2) is 0 Å². The van der Waals surface area contributed by atoms with Crippen LogP contribution in [-0.4, -0.2) is 44.7 Å². The molecule has 1 N–H and O–H groups in total. The fraction of sp³-hybridized carbons (Fsp3) is 0.500. The average molecular weight is 327 g/mol. The molecule has 24 heavy (non-hydrogen) atoms. The number of carbonyl (C=O) groups is 1. The van der Waals surface area contributed by atoms with Crippen molar-refractivity contribution in [3.63, 3.8) is 0 Å². The predicted octanol–water partition coefficient (Wildman–Crippen LogP) is 2.01. The van der Waals surface area contributed by atoms with E-state index in [9.17, 15) is 4.79 Å². The molecule has 1 saturated heterocycles. The van der Waals surface area contributed by atoms with Gasteiger partial charge in [-0.1, -0.05) is 6.92 Å². The fourth-order valence-electron chi connectivity index (χ4n) is 3.24. The lowest BCUT2D eigenvalue weighted by Gasteiger charge is -2.33. The second-order valence-electron chi connectivity index (χ2n) is 6.32. The number of nitrogens with one attached hydrogen (secondary N) is 1. The molecule has 1 amide bonds. The molecule has 2 aromatic heterocycles. The van der Waals surface area contributed by atoms with Crippen molar-refractivity contribution in [1.29, 1.82) is 0 Å². The molecule has 0 aliphatic carbocycles. The van der Waals surface area contributed by atoms with E-state index in [-0.39, 0.29) is 18.0 Å². The Kier molecular flexibility index (Phi) is 5.59. The van der Waals surface area contributed by atoms with Crippen LogP contribution in [0.3, 0.4) is 0 Å². The van der Waals surface area contributed by atoms with Crippen LogP contribution >= 0.6 is 0 Å². The van der Waals surface area contributed by atoms with Crippen molar-refractivity contribution in [2.45, 2.75) is 44.8 Å². The summed E-state index contributed by atoms with van der Waals surface area (Å²) in [5, 5.41) is 7.41. The first-order valence-corrected chi connectivity index (χ1v) is 8.67. The summed E-state index contributed by atoms with van der Waals surface area (Å²) in [6.45, 7) is 4.98. The number of hydrogen-bond acceptors (Lipinski definition) is 4. The molecule has 6 heteroatoms. The Bertz CT molecular complexity index is 620. The van der Waals surface area contributed by atoms with Crippen molar-refractivity contribution in [1.82, 2.24) is 25.0 Å². The molecule has 1 aliphatic heterocycles. The summed E-state index contributed by atoms with van der Waals surface area (Å²) in [7, 11) is 0. The van der Waals surface area contributed by atoms with Crippen LogP contribution in [0.15, 0.2) is 43.0 Å². The molecule has 6 nitrogen and oxygen atoms in total. The molecule has 3 rings (SSSR count). The summed E-state index contributed by atoms with van der Waals surface area (Å²) in [6, 6.07) is 6.02. The highest BCUT2D eigenvalue weighted by atomic mass is 16.2. The van der Waals surface area contributed by atoms with Gasteiger partial charge in [-0.15, -0.1) is 0 Å². The van der Waals surface area contributed by atoms with Gasteiger partial charge in [-0.05, 0) is 43.0 Å². The first-order chi connectivity index (χ1) is 11.8. The fourth-order valence-corrected chi connectivity index (χ4v) is 3.24. The Hall–Kier alpha value is -2.21. The quantitative estimate of drug-likeness (QED) is 0.881. The largest absolute Gasteiger partial charge is 0.351 e. The Balaban J connectivity index is 1.47. The van der Waals surface area contributed by atoms with Crippen molar-refractivity contribution >= 4 is 5.91 Å². The topological polar surface area (TPSA) is 63.1 Å². The lowest BCUT2D eigenvalue weighted by atomic mass is 10.0. The first-order valence-electron chi connectivity index (χ1n) is 8.67. The number of pyridine rings is 1. The van der Waals surface area contributed by atoms with E-state index in [2.05, 4.69) is 32.4 Å². The number of aromatic nitrogens is 3. The standard InChI is InChI=1S/C18H25N5O/c1-2-17(23-11-3-8-20-23)18(24)21-16-6-12-22(13-7-16)14-15-4-9-19-10-5-15/h3-5,8-11,16-17H,2,6-7,12-14H2,1H3,(H,21,24)/t17-/m1/s1. The van der Waals surface area contributed by atoms with Crippen molar-refractivity contribution in [2.24, 2.45) is 0 Å². The molecule has 1 atom stereocenters. The van der Waals surface area contributed by atoms with E-state index in [1.54, 1.807) is 10.9 Å². The molecule has 0 saturated carbocycles. The maximum Gasteiger partial charge on any atom is 0.245 e. The number of rotatable bonds is 6. The van der Waals surface area contributed by atoms with Crippen LogP contribution in [-0.2, 0) is 11.3 Å². The summed E-state index contributed by atoms with van der Waals surface area (Å²) in [6.07, 6.45) is 9.97. The zero-order chi connectivity index (χ0) is 16.8. The molecule has 3 heterocycles. The number of carbonyl (C=O) groups excluding carboxylic acids is 1. The normalized spacial score (nSPS) is 17.5. The third-order valence-corrected chi connectivity index (χ3v) is 4.62. The van der Waals surface area contributed by atoms with Gasteiger partial charge in [-0.3, -0.25) is 19.4 Å². The molecule has 0 aromatic carbocycles. The molecule has 1 fully saturated rings. The van der Waals surface area contributed by atoms with Gasteiger partial charge in [-0.2, -0.15) is 5.10 Å². The molecule has 0 spiro atoms. The van der Waals surface area contributed by atoms with E-state index in [1.807, 2.05) is 31.6 Å². The van der Waals surface area contributed by atoms with Crippen LogP contribution in [0.25, 0.3) is 0 Å². The highest BCUT2D eigenvalue weighted by molar-refractivity contribution is 5.80. The first kappa shape index (κ1) is 16.6. The second-order valence-corrected chi connectivity index (χ2v) is 6.32. The summed E-state index contributed by atoms with van der Waals surface area (Å²) in [5.41, 5.74) is 1.29. The molecule has 0 bridgehead atoms. The van der Waals surface area contributed by atoms with Gasteiger partial charge in [0.05, 0.1) is 0 Å². The molecule has 128 valence electrons. The van der Waals surface area contributed by atoms with Gasteiger partial charge in [0.2, 0.25) is 5.91 Å². The molecule has 0 unspecified atom stereocenters. The smallest absolute Gasteiger partial charge is 0.245 e. The number of piperidine rings is 1. The predicted molar refractivity (Wildman–Crippen MR) is 92.2 cm³/mol. The minimum absolute atomic E-state index is 0.0776. The third-order valence-electron chi connectivity index (χ3n) is 4.62. The highest BCUT2D eigenvalue weighted by Crippen LogP contribution is 2.16. The van der Waals surface area contributed by atoms with Gasteiger partial charge in [0, 0.05) is 50.5 Å². The molecular formula is C18H25N5O. The third kappa shape index (κ3) is 4.20. The van der Waals surface area contributed by atoms with Gasteiger partial charge in [0.15, 0.2) is 0 Å². The molecule has 2 aromatic rings. The molecular weight excluding hydrogens is 302 g/mol. The number of amides is 1. The van der Waals surface area contributed by atoms with E-state index in [1.165, 1.54) is 5.56 Å². The van der Waals surface area contributed by atoms with E-state index in [4.69, 9.17) is 0 Å². The zero-order valence-corrected chi connectivity index (χ0v) is 14.1. The van der Waals surface area contributed by atoms with E-state index in [0.29, 0.717) is 0 Å². The number of nitrogens with zero attached hydrogens (tertiary/aromatic N) is 4. The SMILES string of the molecule is CC[C@H](C(=O)NC1CCN(Cc2ccncc2)CC1)n1cccn1. The summed E-state index contributed by atoms with van der Waals surface area (Å²) in [4.78, 5) is 19.0. The van der Waals surface area contributed by atoms with Crippen LogP contribution in [0.2, 0.25) is 0 Å². The second kappa shape index (κ2) is 8.06. The zero-order valence-electron chi connectivity index (χ0n) is 14.1. The lowest BCUT2D eigenvalue weighted by Crippen LogP contribution is -2.46. The molecule has 1 aliphatic rings. The Labute approximate surface area is 142 Å². The lowest BCUT2D eigenvalue weighted by molar-refractivity contribution is -0.125.